The molecule has 23 heavy (non-hydrogen) atoms. The first-order valence-electron chi connectivity index (χ1n) is 8.28. The molecule has 0 unspecified atom stereocenters. The molecule has 0 saturated carbocycles. The average molecular weight is 338 g/mol. The molecule has 3 heterocycles. The highest BCUT2D eigenvalue weighted by Gasteiger charge is 2.36. The van der Waals surface area contributed by atoms with Crippen molar-refractivity contribution in [2.45, 2.75) is 30.2 Å². The van der Waals surface area contributed by atoms with E-state index in [1.165, 1.54) is 6.42 Å². The Morgan fingerprint density at radius 2 is 1.83 bits per heavy atom. The summed E-state index contributed by atoms with van der Waals surface area (Å²) in [7, 11) is -3.47. The number of hydrogen-bond acceptors (Lipinski definition) is 5. The van der Waals surface area contributed by atoms with Crippen LogP contribution >= 0.6 is 0 Å². The van der Waals surface area contributed by atoms with Crippen LogP contribution in [0.5, 0.6) is 11.5 Å². The molecule has 1 aromatic carbocycles. The van der Waals surface area contributed by atoms with Gasteiger partial charge in [0.1, 0.15) is 0 Å². The minimum Gasteiger partial charge on any atom is -0.490 e. The smallest absolute Gasteiger partial charge is 0.243 e. The van der Waals surface area contributed by atoms with Gasteiger partial charge < -0.3 is 9.47 Å². The maximum Gasteiger partial charge on any atom is 0.243 e. The molecule has 6 nitrogen and oxygen atoms in total. The topological polar surface area (TPSA) is 59.1 Å². The fourth-order valence-electron chi connectivity index (χ4n) is 3.63. The summed E-state index contributed by atoms with van der Waals surface area (Å²) < 4.78 is 38.7. The Kier molecular flexibility index (Phi) is 3.95. The van der Waals surface area contributed by atoms with Crippen molar-refractivity contribution >= 4 is 10.0 Å². The zero-order chi connectivity index (χ0) is 15.9. The van der Waals surface area contributed by atoms with Gasteiger partial charge in [-0.25, -0.2) is 8.42 Å². The van der Waals surface area contributed by atoms with Crippen LogP contribution < -0.4 is 9.47 Å². The van der Waals surface area contributed by atoms with E-state index in [0.717, 1.165) is 25.9 Å². The van der Waals surface area contributed by atoms with Crippen LogP contribution in [0.25, 0.3) is 0 Å². The van der Waals surface area contributed by atoms with Crippen LogP contribution in [0.1, 0.15) is 19.3 Å². The first kappa shape index (κ1) is 15.2. The highest BCUT2D eigenvalue weighted by atomic mass is 32.2. The monoisotopic (exact) mass is 338 g/mol. The van der Waals surface area contributed by atoms with Crippen molar-refractivity contribution in [3.05, 3.63) is 18.2 Å². The second kappa shape index (κ2) is 5.96. The van der Waals surface area contributed by atoms with Crippen molar-refractivity contribution in [2.75, 3.05) is 39.4 Å². The summed E-state index contributed by atoms with van der Waals surface area (Å²) in [4.78, 5) is 2.70. The standard InChI is InChI=1S/C16H22N2O4S/c19-23(20,18-8-7-17-6-1-3-13(17)12-18)14-4-5-15-16(11-14)22-10-2-9-21-15/h4-5,11,13H,1-3,6-10,12H2/t13-/m1/s1. The summed E-state index contributed by atoms with van der Waals surface area (Å²) in [6.45, 7) is 4.24. The van der Waals surface area contributed by atoms with Gasteiger partial charge in [0.2, 0.25) is 10.0 Å². The summed E-state index contributed by atoms with van der Waals surface area (Å²) in [6.07, 6.45) is 3.07. The Labute approximate surface area is 137 Å². The average Bonchev–Trinajstić information content (AvgIpc) is 2.90. The van der Waals surface area contributed by atoms with Gasteiger partial charge in [0.15, 0.2) is 11.5 Å². The number of sulfonamides is 1. The van der Waals surface area contributed by atoms with E-state index in [0.29, 0.717) is 48.7 Å². The van der Waals surface area contributed by atoms with Crippen molar-refractivity contribution in [2.24, 2.45) is 0 Å². The predicted octanol–water partition coefficient (Wildman–Crippen LogP) is 1.32. The third kappa shape index (κ3) is 2.81. The van der Waals surface area contributed by atoms with Gasteiger partial charge in [-0.1, -0.05) is 0 Å². The van der Waals surface area contributed by atoms with E-state index >= 15 is 0 Å². The van der Waals surface area contributed by atoms with E-state index in [9.17, 15) is 8.42 Å². The zero-order valence-electron chi connectivity index (χ0n) is 13.1. The minimum atomic E-state index is -3.47. The number of piperazine rings is 1. The SMILES string of the molecule is O=S(=O)(c1ccc2c(c1)OCCCO2)N1CCN2CCC[C@@H]2C1. The number of ether oxygens (including phenoxy) is 2. The first-order valence-corrected chi connectivity index (χ1v) is 9.72. The molecular weight excluding hydrogens is 316 g/mol. The number of fused-ring (bicyclic) bond motifs is 2. The summed E-state index contributed by atoms with van der Waals surface area (Å²) in [5.74, 6) is 1.16. The van der Waals surface area contributed by atoms with Crippen LogP contribution in [0.2, 0.25) is 0 Å². The zero-order valence-corrected chi connectivity index (χ0v) is 13.9. The van der Waals surface area contributed by atoms with Crippen LogP contribution in [0.3, 0.4) is 0 Å². The number of nitrogens with zero attached hydrogens (tertiary/aromatic N) is 2. The van der Waals surface area contributed by atoms with E-state index in [-0.39, 0.29) is 0 Å². The predicted molar refractivity (Wildman–Crippen MR) is 85.4 cm³/mol. The molecule has 2 fully saturated rings. The Balaban J connectivity index is 1.60. The maximum absolute atomic E-state index is 13.0. The van der Waals surface area contributed by atoms with Crippen molar-refractivity contribution in [1.29, 1.82) is 0 Å². The van der Waals surface area contributed by atoms with Gasteiger partial charge in [-0.2, -0.15) is 4.31 Å². The normalized spacial score (nSPS) is 25.8. The summed E-state index contributed by atoms with van der Waals surface area (Å²) in [5, 5.41) is 0. The molecule has 0 N–H and O–H groups in total. The molecule has 4 rings (SSSR count). The molecule has 0 aromatic heterocycles. The summed E-state index contributed by atoms with van der Waals surface area (Å²) in [6, 6.07) is 5.32. The minimum absolute atomic E-state index is 0.299. The molecule has 7 heteroatoms. The Morgan fingerprint density at radius 1 is 1.00 bits per heavy atom. The van der Waals surface area contributed by atoms with E-state index in [2.05, 4.69) is 4.90 Å². The van der Waals surface area contributed by atoms with Gasteiger partial charge in [-0.3, -0.25) is 4.90 Å². The van der Waals surface area contributed by atoms with Gasteiger partial charge in [-0.05, 0) is 31.5 Å². The maximum atomic E-state index is 13.0. The van der Waals surface area contributed by atoms with Gasteiger partial charge in [0.25, 0.3) is 0 Å². The molecule has 126 valence electrons. The molecule has 3 aliphatic rings. The molecule has 3 aliphatic heterocycles. The number of benzene rings is 1. The Hall–Kier alpha value is -1.31. The Morgan fingerprint density at radius 3 is 2.70 bits per heavy atom. The van der Waals surface area contributed by atoms with Crippen molar-refractivity contribution < 1.29 is 17.9 Å². The third-order valence-electron chi connectivity index (χ3n) is 4.91. The first-order chi connectivity index (χ1) is 11.1. The molecule has 0 radical (unpaired) electrons. The van der Waals surface area contributed by atoms with Gasteiger partial charge >= 0.3 is 0 Å². The fourth-order valence-corrected chi connectivity index (χ4v) is 5.12. The van der Waals surface area contributed by atoms with Gasteiger partial charge in [0, 0.05) is 38.2 Å². The van der Waals surface area contributed by atoms with Crippen LogP contribution in [0.15, 0.2) is 23.1 Å². The van der Waals surface area contributed by atoms with Gasteiger partial charge in [-0.15, -0.1) is 0 Å². The molecule has 0 spiro atoms. The summed E-state index contributed by atoms with van der Waals surface area (Å²) >= 11 is 0. The molecule has 1 atom stereocenters. The summed E-state index contributed by atoms with van der Waals surface area (Å²) in [5.41, 5.74) is 0. The van der Waals surface area contributed by atoms with Crippen LogP contribution in [0, 0.1) is 0 Å². The molecular formula is C16H22N2O4S. The molecule has 0 bridgehead atoms. The second-order valence-electron chi connectivity index (χ2n) is 6.35. The lowest BCUT2D eigenvalue weighted by atomic mass is 10.2. The van der Waals surface area contributed by atoms with Crippen LogP contribution in [-0.4, -0.2) is 63.1 Å². The van der Waals surface area contributed by atoms with Crippen LogP contribution in [-0.2, 0) is 10.0 Å². The lowest BCUT2D eigenvalue weighted by Gasteiger charge is -2.36. The Bertz CT molecular complexity index is 691. The molecule has 2 saturated heterocycles. The molecule has 0 amide bonds. The van der Waals surface area contributed by atoms with Crippen molar-refractivity contribution in [3.63, 3.8) is 0 Å². The van der Waals surface area contributed by atoms with Crippen molar-refractivity contribution in [1.82, 2.24) is 9.21 Å². The lowest BCUT2D eigenvalue weighted by Crippen LogP contribution is -2.51. The lowest BCUT2D eigenvalue weighted by molar-refractivity contribution is 0.158. The van der Waals surface area contributed by atoms with E-state index in [4.69, 9.17) is 9.47 Å². The second-order valence-corrected chi connectivity index (χ2v) is 8.29. The largest absolute Gasteiger partial charge is 0.490 e. The van der Waals surface area contributed by atoms with Gasteiger partial charge in [0.05, 0.1) is 18.1 Å². The van der Waals surface area contributed by atoms with E-state index in [1.54, 1.807) is 22.5 Å². The number of hydrogen-bond donors (Lipinski definition) is 0. The quantitative estimate of drug-likeness (QED) is 0.814. The number of rotatable bonds is 2. The van der Waals surface area contributed by atoms with E-state index in [1.807, 2.05) is 0 Å². The van der Waals surface area contributed by atoms with Crippen molar-refractivity contribution in [3.8, 4) is 11.5 Å². The molecule has 0 aliphatic carbocycles. The highest BCUT2D eigenvalue weighted by Crippen LogP contribution is 2.33. The fraction of sp³-hybridized carbons (Fsp3) is 0.625. The van der Waals surface area contributed by atoms with E-state index < -0.39 is 10.0 Å². The molecule has 1 aromatic rings. The van der Waals surface area contributed by atoms with Crippen LogP contribution in [0.4, 0.5) is 0 Å². The highest BCUT2D eigenvalue weighted by molar-refractivity contribution is 7.89. The third-order valence-corrected chi connectivity index (χ3v) is 6.77.